The highest BCUT2D eigenvalue weighted by Gasteiger charge is 2.20. The maximum atomic E-state index is 14.3. The summed E-state index contributed by atoms with van der Waals surface area (Å²) in [6, 6.07) is 3.15. The van der Waals surface area contributed by atoms with E-state index in [-0.39, 0.29) is 5.82 Å². The summed E-state index contributed by atoms with van der Waals surface area (Å²) in [5, 5.41) is 14.8. The molecule has 27 heavy (non-hydrogen) atoms. The molecule has 0 aliphatic carbocycles. The molecular formula is C19H19FN6O. The molecule has 2 aliphatic heterocycles. The van der Waals surface area contributed by atoms with Crippen LogP contribution >= 0.6 is 0 Å². The van der Waals surface area contributed by atoms with Crippen molar-refractivity contribution in [3.63, 3.8) is 0 Å². The fourth-order valence-corrected chi connectivity index (χ4v) is 3.72. The van der Waals surface area contributed by atoms with Gasteiger partial charge in [0.1, 0.15) is 17.9 Å². The third-order valence-corrected chi connectivity index (χ3v) is 5.11. The van der Waals surface area contributed by atoms with Gasteiger partial charge in [0.15, 0.2) is 5.65 Å². The number of rotatable bonds is 4. The second kappa shape index (κ2) is 6.62. The topological polar surface area (TPSA) is 76.4 Å². The molecule has 2 N–H and O–H groups in total. The number of fused-ring (bicyclic) bond motifs is 2. The summed E-state index contributed by atoms with van der Waals surface area (Å²) in [6.45, 7) is 2.70. The van der Waals surface area contributed by atoms with Gasteiger partial charge in [0.2, 0.25) is 5.95 Å². The van der Waals surface area contributed by atoms with Gasteiger partial charge in [-0.2, -0.15) is 0 Å². The Morgan fingerprint density at radius 2 is 2.26 bits per heavy atom. The summed E-state index contributed by atoms with van der Waals surface area (Å²) in [7, 11) is 0. The maximum Gasteiger partial charge on any atom is 0.210 e. The molecule has 4 heterocycles. The number of aromatic nitrogens is 4. The molecule has 2 aliphatic rings. The van der Waals surface area contributed by atoms with Crippen molar-refractivity contribution < 1.29 is 9.13 Å². The number of anilines is 1. The molecule has 0 radical (unpaired) electrons. The average molecular weight is 366 g/mol. The highest BCUT2D eigenvalue weighted by molar-refractivity contribution is 5.76. The van der Waals surface area contributed by atoms with E-state index in [1.165, 1.54) is 11.6 Å². The summed E-state index contributed by atoms with van der Waals surface area (Å²) in [5.74, 6) is 1.12. The van der Waals surface area contributed by atoms with Crippen LogP contribution < -0.4 is 15.4 Å². The molecule has 7 nitrogen and oxygen atoms in total. The first kappa shape index (κ1) is 16.2. The van der Waals surface area contributed by atoms with Gasteiger partial charge in [-0.05, 0) is 30.7 Å². The number of nitrogens with one attached hydrogen (secondary N) is 2. The van der Waals surface area contributed by atoms with Gasteiger partial charge in [-0.15, -0.1) is 10.2 Å². The van der Waals surface area contributed by atoms with Gasteiger partial charge in [0, 0.05) is 42.4 Å². The largest absolute Gasteiger partial charge is 0.493 e. The molecule has 0 saturated carbocycles. The first-order chi connectivity index (χ1) is 13.3. The van der Waals surface area contributed by atoms with Crippen LogP contribution in [0.1, 0.15) is 23.1 Å². The van der Waals surface area contributed by atoms with Crippen LogP contribution in [0.5, 0.6) is 5.75 Å². The van der Waals surface area contributed by atoms with Gasteiger partial charge in [-0.25, -0.2) is 9.37 Å². The van der Waals surface area contributed by atoms with E-state index in [0.717, 1.165) is 48.5 Å². The first-order valence-corrected chi connectivity index (χ1v) is 9.07. The average Bonchev–Trinajstić information content (AvgIpc) is 3.37. The highest BCUT2D eigenvalue weighted by atomic mass is 19.1. The second-order valence-electron chi connectivity index (χ2n) is 6.66. The normalized spacial score (nSPS) is 16.1. The number of benzene rings is 1. The number of nitrogens with zero attached hydrogens (tertiary/aromatic N) is 4. The predicted octanol–water partition coefficient (Wildman–Crippen LogP) is 2.19. The van der Waals surface area contributed by atoms with Gasteiger partial charge in [0.05, 0.1) is 6.61 Å². The number of halogens is 1. The van der Waals surface area contributed by atoms with Crippen LogP contribution in [0.25, 0.3) is 11.2 Å². The van der Waals surface area contributed by atoms with E-state index in [0.29, 0.717) is 24.7 Å². The Bertz CT molecular complexity index is 1040. The molecule has 0 saturated heterocycles. The molecular weight excluding hydrogens is 347 g/mol. The maximum absolute atomic E-state index is 14.3. The summed E-state index contributed by atoms with van der Waals surface area (Å²) in [6.07, 6.45) is 7.26. The van der Waals surface area contributed by atoms with Crippen molar-refractivity contribution in [2.24, 2.45) is 0 Å². The van der Waals surface area contributed by atoms with E-state index in [4.69, 9.17) is 4.74 Å². The van der Waals surface area contributed by atoms with Crippen molar-refractivity contribution in [3.05, 3.63) is 53.2 Å². The summed E-state index contributed by atoms with van der Waals surface area (Å²) < 4.78 is 21.7. The summed E-state index contributed by atoms with van der Waals surface area (Å²) >= 11 is 0. The predicted molar refractivity (Wildman–Crippen MR) is 99.2 cm³/mol. The Labute approximate surface area is 155 Å². The van der Waals surface area contributed by atoms with Crippen LogP contribution in [0.15, 0.2) is 30.7 Å². The van der Waals surface area contributed by atoms with Crippen molar-refractivity contribution in [2.45, 2.75) is 19.4 Å². The second-order valence-corrected chi connectivity index (χ2v) is 6.66. The Hall–Kier alpha value is -3.00. The van der Waals surface area contributed by atoms with E-state index >= 15 is 0 Å². The molecule has 0 unspecified atom stereocenters. The SMILES string of the molecule is Fc1ccc2c(c1CNc1ncc(C3=CCNCC3)c3nncn13)CCO2. The minimum absolute atomic E-state index is 0.233. The molecule has 1 aromatic carbocycles. The lowest BCUT2D eigenvalue weighted by atomic mass is 10.0. The standard InChI is InChI=1S/C19H19FN6O/c20-16-1-2-17-13(5-8-27-17)15(16)10-23-19-22-9-14(12-3-6-21-7-4-12)18-25-24-11-26(18)19/h1-3,9,11,21H,4-8,10H2,(H,22,23). The zero-order valence-corrected chi connectivity index (χ0v) is 14.7. The zero-order valence-electron chi connectivity index (χ0n) is 14.7. The fourth-order valence-electron chi connectivity index (χ4n) is 3.72. The lowest BCUT2D eigenvalue weighted by Gasteiger charge is -2.16. The van der Waals surface area contributed by atoms with E-state index in [9.17, 15) is 4.39 Å². The van der Waals surface area contributed by atoms with E-state index < -0.39 is 0 Å². The number of hydrogen-bond donors (Lipinski definition) is 2. The minimum Gasteiger partial charge on any atom is -0.493 e. The first-order valence-electron chi connectivity index (χ1n) is 9.07. The van der Waals surface area contributed by atoms with E-state index in [1.807, 2.05) is 10.6 Å². The molecule has 2 aromatic heterocycles. The minimum atomic E-state index is -0.233. The van der Waals surface area contributed by atoms with Gasteiger partial charge in [-0.3, -0.25) is 4.40 Å². The van der Waals surface area contributed by atoms with E-state index in [2.05, 4.69) is 31.9 Å². The van der Waals surface area contributed by atoms with Crippen LogP contribution in [0.4, 0.5) is 10.3 Å². The monoisotopic (exact) mass is 366 g/mol. The molecule has 0 amide bonds. The van der Waals surface area contributed by atoms with Crippen molar-refractivity contribution in [1.29, 1.82) is 0 Å². The van der Waals surface area contributed by atoms with Gasteiger partial charge >= 0.3 is 0 Å². The van der Waals surface area contributed by atoms with Crippen LogP contribution in [-0.4, -0.2) is 39.3 Å². The molecule has 0 fully saturated rings. The van der Waals surface area contributed by atoms with Crippen LogP contribution in [0, 0.1) is 5.82 Å². The van der Waals surface area contributed by atoms with Crippen LogP contribution in [0.2, 0.25) is 0 Å². The lowest BCUT2D eigenvalue weighted by molar-refractivity contribution is 0.356. The fraction of sp³-hybridized carbons (Fsp3) is 0.316. The third-order valence-electron chi connectivity index (χ3n) is 5.11. The van der Waals surface area contributed by atoms with Gasteiger partial charge in [0.25, 0.3) is 0 Å². The molecule has 138 valence electrons. The van der Waals surface area contributed by atoms with Crippen molar-refractivity contribution in [2.75, 3.05) is 25.0 Å². The third kappa shape index (κ3) is 2.82. The molecule has 3 aromatic rings. The molecule has 0 atom stereocenters. The van der Waals surface area contributed by atoms with Gasteiger partial charge < -0.3 is 15.4 Å². The highest BCUT2D eigenvalue weighted by Crippen LogP contribution is 2.31. The Morgan fingerprint density at radius 1 is 1.30 bits per heavy atom. The smallest absolute Gasteiger partial charge is 0.210 e. The van der Waals surface area contributed by atoms with Crippen molar-refractivity contribution in [3.8, 4) is 5.75 Å². The van der Waals surface area contributed by atoms with E-state index in [1.54, 1.807) is 12.4 Å². The van der Waals surface area contributed by atoms with Crippen molar-refractivity contribution in [1.82, 2.24) is 24.9 Å². The molecule has 5 rings (SSSR count). The molecule has 8 heteroatoms. The van der Waals surface area contributed by atoms with Crippen LogP contribution in [-0.2, 0) is 13.0 Å². The number of ether oxygens (including phenoxy) is 1. The molecule has 0 bridgehead atoms. The van der Waals surface area contributed by atoms with Crippen molar-refractivity contribution >= 4 is 17.2 Å². The Kier molecular flexibility index (Phi) is 3.97. The summed E-state index contributed by atoms with van der Waals surface area (Å²) in [5.41, 5.74) is 4.51. The Morgan fingerprint density at radius 3 is 3.15 bits per heavy atom. The zero-order chi connectivity index (χ0) is 18.2. The van der Waals surface area contributed by atoms with Gasteiger partial charge in [-0.1, -0.05) is 6.08 Å². The lowest BCUT2D eigenvalue weighted by Crippen LogP contribution is -2.20. The Balaban J connectivity index is 1.46. The van der Waals surface area contributed by atoms with Crippen LogP contribution in [0.3, 0.4) is 0 Å². The molecule has 0 spiro atoms. The number of hydrogen-bond acceptors (Lipinski definition) is 6. The quantitative estimate of drug-likeness (QED) is 0.737. The summed E-state index contributed by atoms with van der Waals surface area (Å²) in [4.78, 5) is 4.55.